The summed E-state index contributed by atoms with van der Waals surface area (Å²) in [7, 11) is 0. The van der Waals surface area contributed by atoms with Crippen molar-refractivity contribution in [2.75, 3.05) is 6.61 Å². The number of aliphatic hydroxyl groups excluding tert-OH is 1. The molecule has 1 aromatic rings. The van der Waals surface area contributed by atoms with E-state index in [1.54, 1.807) is 0 Å². The maximum atomic E-state index is 9.51. The van der Waals surface area contributed by atoms with E-state index < -0.39 is 5.54 Å². The minimum Gasteiger partial charge on any atom is -0.394 e. The van der Waals surface area contributed by atoms with E-state index in [0.29, 0.717) is 5.92 Å². The quantitative estimate of drug-likeness (QED) is 0.449. The Morgan fingerprint density at radius 3 is 2.68 bits per heavy atom. The van der Waals surface area contributed by atoms with Gasteiger partial charge in [0.1, 0.15) is 0 Å². The topological polar surface area (TPSA) is 46.2 Å². The standard InChI is InChI=1S/C23H37NO/c1-3-4-5-6-7-8-11-19-14-15-22-20(16-19)12-9-10-13-21(22)17-23(2,24)18-25/h10,13-16,21,25H,3-9,11-12,17-18,24H2,1-2H3/t21-,23-/m0/s1. The van der Waals surface area contributed by atoms with Gasteiger partial charge in [-0.25, -0.2) is 0 Å². The molecule has 0 radical (unpaired) electrons. The zero-order valence-corrected chi connectivity index (χ0v) is 16.3. The molecule has 2 rings (SSSR count). The van der Waals surface area contributed by atoms with Gasteiger partial charge in [-0.05, 0) is 55.7 Å². The van der Waals surface area contributed by atoms with E-state index in [9.17, 15) is 5.11 Å². The molecule has 2 atom stereocenters. The SMILES string of the molecule is CCCCCCCCc1ccc2c(c1)CCC=C[C@H]2C[C@](C)(N)CO. The van der Waals surface area contributed by atoms with E-state index in [1.165, 1.54) is 61.6 Å². The molecular formula is C23H37NO. The molecule has 0 aliphatic heterocycles. The largest absolute Gasteiger partial charge is 0.394 e. The molecule has 3 N–H and O–H groups in total. The van der Waals surface area contributed by atoms with Crippen molar-refractivity contribution < 1.29 is 5.11 Å². The minimum absolute atomic E-state index is 0.0305. The van der Waals surface area contributed by atoms with Gasteiger partial charge >= 0.3 is 0 Å². The number of rotatable bonds is 10. The fourth-order valence-electron chi connectivity index (χ4n) is 3.85. The van der Waals surface area contributed by atoms with Gasteiger partial charge in [-0.3, -0.25) is 0 Å². The van der Waals surface area contributed by atoms with Crippen LogP contribution in [0.2, 0.25) is 0 Å². The number of aryl methyl sites for hydroxylation is 2. The fourth-order valence-corrected chi connectivity index (χ4v) is 3.85. The molecule has 0 heterocycles. The number of allylic oxidation sites excluding steroid dienone is 2. The Balaban J connectivity index is 1.97. The molecule has 0 amide bonds. The third-order valence-electron chi connectivity index (χ3n) is 5.42. The smallest absolute Gasteiger partial charge is 0.0608 e. The molecule has 25 heavy (non-hydrogen) atoms. The molecule has 140 valence electrons. The molecule has 0 spiro atoms. The van der Waals surface area contributed by atoms with Crippen molar-refractivity contribution in [2.24, 2.45) is 5.73 Å². The van der Waals surface area contributed by atoms with Crippen LogP contribution in [0.1, 0.15) is 87.8 Å². The van der Waals surface area contributed by atoms with Crippen LogP contribution < -0.4 is 5.73 Å². The third kappa shape index (κ3) is 6.60. The van der Waals surface area contributed by atoms with Crippen LogP contribution >= 0.6 is 0 Å². The Morgan fingerprint density at radius 1 is 1.16 bits per heavy atom. The van der Waals surface area contributed by atoms with Crippen molar-refractivity contribution in [3.63, 3.8) is 0 Å². The van der Waals surface area contributed by atoms with Crippen molar-refractivity contribution in [2.45, 2.75) is 89.5 Å². The molecule has 1 aromatic carbocycles. The highest BCUT2D eigenvalue weighted by Gasteiger charge is 2.25. The summed E-state index contributed by atoms with van der Waals surface area (Å²) in [6.07, 6.45) is 16.9. The number of aliphatic hydroxyl groups is 1. The second-order valence-corrected chi connectivity index (χ2v) is 8.14. The monoisotopic (exact) mass is 343 g/mol. The van der Waals surface area contributed by atoms with Crippen LogP contribution in [-0.4, -0.2) is 17.3 Å². The van der Waals surface area contributed by atoms with E-state index in [2.05, 4.69) is 37.3 Å². The highest BCUT2D eigenvalue weighted by Crippen LogP contribution is 2.32. The highest BCUT2D eigenvalue weighted by molar-refractivity contribution is 5.39. The summed E-state index contributed by atoms with van der Waals surface area (Å²) in [5, 5.41) is 9.51. The number of hydrogen-bond donors (Lipinski definition) is 2. The summed E-state index contributed by atoms with van der Waals surface area (Å²) >= 11 is 0. The van der Waals surface area contributed by atoms with Crippen LogP contribution in [0.15, 0.2) is 30.4 Å². The first-order valence-electron chi connectivity index (χ1n) is 10.2. The lowest BCUT2D eigenvalue weighted by Gasteiger charge is -2.27. The molecule has 0 saturated carbocycles. The average Bonchev–Trinajstić information content (AvgIpc) is 2.79. The number of fused-ring (bicyclic) bond motifs is 1. The summed E-state index contributed by atoms with van der Waals surface area (Å²) < 4.78 is 0. The van der Waals surface area contributed by atoms with Gasteiger partial charge in [0.2, 0.25) is 0 Å². The lowest BCUT2D eigenvalue weighted by atomic mass is 9.83. The zero-order chi connectivity index (χ0) is 18.1. The van der Waals surface area contributed by atoms with Crippen LogP contribution in [0.4, 0.5) is 0 Å². The Bertz CT molecular complexity index is 547. The van der Waals surface area contributed by atoms with Gasteiger partial charge in [0.15, 0.2) is 0 Å². The summed E-state index contributed by atoms with van der Waals surface area (Å²) in [6, 6.07) is 7.05. The molecule has 2 heteroatoms. The van der Waals surface area contributed by atoms with Crippen LogP contribution in [0, 0.1) is 0 Å². The van der Waals surface area contributed by atoms with E-state index >= 15 is 0 Å². The first-order chi connectivity index (χ1) is 12.1. The van der Waals surface area contributed by atoms with E-state index in [4.69, 9.17) is 5.73 Å². The highest BCUT2D eigenvalue weighted by atomic mass is 16.3. The molecule has 0 aromatic heterocycles. The van der Waals surface area contributed by atoms with E-state index in [0.717, 1.165) is 19.3 Å². The van der Waals surface area contributed by atoms with Crippen molar-refractivity contribution in [3.8, 4) is 0 Å². The molecule has 0 bridgehead atoms. The predicted octanol–water partition coefficient (Wildman–Crippen LogP) is 5.28. The summed E-state index contributed by atoms with van der Waals surface area (Å²) in [5.41, 5.74) is 10.1. The maximum Gasteiger partial charge on any atom is 0.0608 e. The summed E-state index contributed by atoms with van der Waals surface area (Å²) in [4.78, 5) is 0. The fraction of sp³-hybridized carbons (Fsp3) is 0.652. The second-order valence-electron chi connectivity index (χ2n) is 8.14. The first-order valence-corrected chi connectivity index (χ1v) is 10.2. The Morgan fingerprint density at radius 2 is 1.92 bits per heavy atom. The predicted molar refractivity (Wildman–Crippen MR) is 108 cm³/mol. The second kappa shape index (κ2) is 10.1. The third-order valence-corrected chi connectivity index (χ3v) is 5.42. The van der Waals surface area contributed by atoms with Gasteiger partial charge in [0, 0.05) is 11.5 Å². The van der Waals surface area contributed by atoms with Crippen LogP contribution in [0.3, 0.4) is 0 Å². The zero-order valence-electron chi connectivity index (χ0n) is 16.3. The Kier molecular flexibility index (Phi) is 8.18. The van der Waals surface area contributed by atoms with Gasteiger partial charge in [-0.15, -0.1) is 0 Å². The van der Waals surface area contributed by atoms with Crippen LogP contribution in [0.25, 0.3) is 0 Å². The van der Waals surface area contributed by atoms with Crippen LogP contribution in [0.5, 0.6) is 0 Å². The number of nitrogens with two attached hydrogens (primary N) is 1. The minimum atomic E-state index is -0.520. The number of unbranched alkanes of at least 4 members (excludes halogenated alkanes) is 5. The van der Waals surface area contributed by atoms with Crippen molar-refractivity contribution in [3.05, 3.63) is 47.0 Å². The lowest BCUT2D eigenvalue weighted by molar-refractivity contribution is 0.197. The van der Waals surface area contributed by atoms with Gasteiger partial charge in [-0.2, -0.15) is 0 Å². The molecule has 0 unspecified atom stereocenters. The lowest BCUT2D eigenvalue weighted by Crippen LogP contribution is -2.41. The molecule has 1 aliphatic rings. The first kappa shape index (κ1) is 20.2. The van der Waals surface area contributed by atoms with Crippen LogP contribution in [-0.2, 0) is 12.8 Å². The number of hydrogen-bond acceptors (Lipinski definition) is 2. The van der Waals surface area contributed by atoms with Crippen molar-refractivity contribution >= 4 is 0 Å². The molecule has 2 nitrogen and oxygen atoms in total. The van der Waals surface area contributed by atoms with Gasteiger partial charge in [-0.1, -0.05) is 69.4 Å². The average molecular weight is 344 g/mol. The maximum absolute atomic E-state index is 9.51. The summed E-state index contributed by atoms with van der Waals surface area (Å²) in [5.74, 6) is 0.322. The molecule has 0 saturated heterocycles. The Hall–Kier alpha value is -1.12. The van der Waals surface area contributed by atoms with Gasteiger partial charge in [0.25, 0.3) is 0 Å². The summed E-state index contributed by atoms with van der Waals surface area (Å²) in [6.45, 7) is 4.24. The number of benzene rings is 1. The van der Waals surface area contributed by atoms with Crippen molar-refractivity contribution in [1.29, 1.82) is 0 Å². The van der Waals surface area contributed by atoms with Crippen molar-refractivity contribution in [1.82, 2.24) is 0 Å². The Labute approximate surface area is 154 Å². The van der Waals surface area contributed by atoms with Gasteiger partial charge < -0.3 is 10.8 Å². The molecule has 0 fully saturated rings. The van der Waals surface area contributed by atoms with E-state index in [1.807, 2.05) is 6.92 Å². The molecule has 1 aliphatic carbocycles. The van der Waals surface area contributed by atoms with E-state index in [-0.39, 0.29) is 6.61 Å². The molecular weight excluding hydrogens is 306 g/mol. The normalized spacial score (nSPS) is 19.3. The van der Waals surface area contributed by atoms with Gasteiger partial charge in [0.05, 0.1) is 6.61 Å².